The largest absolute Gasteiger partial charge is 0.490 e. The molecule has 0 unspecified atom stereocenters. The molecule has 0 radical (unpaired) electrons. The second-order valence-corrected chi connectivity index (χ2v) is 4.31. The van der Waals surface area contributed by atoms with Crippen molar-refractivity contribution in [3.05, 3.63) is 23.8 Å². The van der Waals surface area contributed by atoms with Gasteiger partial charge >= 0.3 is 0 Å². The minimum Gasteiger partial charge on any atom is -0.490 e. The normalized spacial score (nSPS) is 10.2. The molecule has 112 valence electrons. The Morgan fingerprint density at radius 3 is 2.45 bits per heavy atom. The number of carbonyl (C=O) groups excluding carboxylic acids is 1. The first-order valence-corrected chi connectivity index (χ1v) is 7.01. The van der Waals surface area contributed by atoms with Gasteiger partial charge < -0.3 is 20.1 Å². The number of rotatable bonds is 9. The topological polar surface area (TPSA) is 59.6 Å². The summed E-state index contributed by atoms with van der Waals surface area (Å²) < 4.78 is 11.1. The fraction of sp³-hybridized carbons (Fsp3) is 0.533. The van der Waals surface area contributed by atoms with Crippen molar-refractivity contribution in [2.75, 3.05) is 26.3 Å². The van der Waals surface area contributed by atoms with E-state index in [2.05, 4.69) is 10.6 Å². The average molecular weight is 280 g/mol. The predicted octanol–water partition coefficient (Wildman–Crippen LogP) is 1.71. The van der Waals surface area contributed by atoms with Crippen LogP contribution < -0.4 is 20.1 Å². The molecule has 0 aliphatic rings. The van der Waals surface area contributed by atoms with Crippen molar-refractivity contribution < 1.29 is 14.3 Å². The van der Waals surface area contributed by atoms with E-state index in [1.54, 1.807) is 0 Å². The zero-order chi connectivity index (χ0) is 14.8. The van der Waals surface area contributed by atoms with E-state index in [-0.39, 0.29) is 5.91 Å². The van der Waals surface area contributed by atoms with Crippen molar-refractivity contribution in [1.29, 1.82) is 0 Å². The van der Waals surface area contributed by atoms with Crippen LogP contribution in [0.5, 0.6) is 11.5 Å². The van der Waals surface area contributed by atoms with Gasteiger partial charge in [0.05, 0.1) is 13.2 Å². The van der Waals surface area contributed by atoms with Crippen molar-refractivity contribution in [2.45, 2.75) is 27.3 Å². The maximum absolute atomic E-state index is 10.7. The Labute approximate surface area is 120 Å². The van der Waals surface area contributed by atoms with E-state index in [9.17, 15) is 4.79 Å². The lowest BCUT2D eigenvalue weighted by Crippen LogP contribution is -2.29. The molecule has 1 aromatic carbocycles. The molecule has 0 aromatic heterocycles. The Bertz CT molecular complexity index is 422. The highest BCUT2D eigenvalue weighted by Gasteiger charge is 2.05. The van der Waals surface area contributed by atoms with E-state index in [4.69, 9.17) is 9.47 Å². The van der Waals surface area contributed by atoms with Crippen LogP contribution in [0.15, 0.2) is 18.2 Å². The minimum atomic E-state index is -0.00787. The molecule has 0 saturated heterocycles. The van der Waals surface area contributed by atoms with E-state index in [0.717, 1.165) is 30.2 Å². The molecule has 1 aromatic rings. The van der Waals surface area contributed by atoms with Gasteiger partial charge in [-0.25, -0.2) is 0 Å². The molecule has 2 N–H and O–H groups in total. The number of ether oxygens (including phenoxy) is 2. The zero-order valence-electron chi connectivity index (χ0n) is 12.5. The Morgan fingerprint density at radius 1 is 1.10 bits per heavy atom. The van der Waals surface area contributed by atoms with Gasteiger partial charge in [-0.05, 0) is 31.5 Å². The lowest BCUT2D eigenvalue weighted by molar-refractivity contribution is -0.118. The smallest absolute Gasteiger partial charge is 0.216 e. The van der Waals surface area contributed by atoms with Crippen molar-refractivity contribution in [3.63, 3.8) is 0 Å². The summed E-state index contributed by atoms with van der Waals surface area (Å²) >= 11 is 0. The number of carbonyl (C=O) groups is 1. The molecule has 5 heteroatoms. The Kier molecular flexibility index (Phi) is 7.50. The van der Waals surface area contributed by atoms with Gasteiger partial charge in [0.1, 0.15) is 0 Å². The van der Waals surface area contributed by atoms with Gasteiger partial charge in [0.25, 0.3) is 0 Å². The van der Waals surface area contributed by atoms with Gasteiger partial charge in [0.2, 0.25) is 5.91 Å². The summed E-state index contributed by atoms with van der Waals surface area (Å²) in [6, 6.07) is 5.93. The van der Waals surface area contributed by atoms with Gasteiger partial charge in [-0.1, -0.05) is 6.07 Å². The summed E-state index contributed by atoms with van der Waals surface area (Å²) in [5.74, 6) is 1.54. The molecule has 1 amide bonds. The highest BCUT2D eigenvalue weighted by molar-refractivity contribution is 5.72. The molecule has 5 nitrogen and oxygen atoms in total. The standard InChI is InChI=1S/C15H24N2O3/c1-4-19-14-7-6-13(10-15(14)20-5-2)11-16-8-9-17-12(3)18/h6-7,10,16H,4-5,8-9,11H2,1-3H3,(H,17,18). The van der Waals surface area contributed by atoms with Gasteiger partial charge in [0, 0.05) is 26.6 Å². The van der Waals surface area contributed by atoms with Crippen LogP contribution in [0.4, 0.5) is 0 Å². The Hall–Kier alpha value is -1.75. The minimum absolute atomic E-state index is 0.00787. The summed E-state index contributed by atoms with van der Waals surface area (Å²) in [5, 5.41) is 6.01. The molecule has 0 aliphatic carbocycles. The van der Waals surface area contributed by atoms with Crippen LogP contribution in [0.1, 0.15) is 26.3 Å². The summed E-state index contributed by atoms with van der Waals surface area (Å²) in [5.41, 5.74) is 1.12. The fourth-order valence-corrected chi connectivity index (χ4v) is 1.77. The molecular weight excluding hydrogens is 256 g/mol. The Morgan fingerprint density at radius 2 is 1.80 bits per heavy atom. The van der Waals surface area contributed by atoms with E-state index >= 15 is 0 Å². The monoisotopic (exact) mass is 280 g/mol. The number of hydrogen-bond donors (Lipinski definition) is 2. The van der Waals surface area contributed by atoms with Crippen LogP contribution in [-0.2, 0) is 11.3 Å². The number of amides is 1. The molecule has 1 rings (SSSR count). The third-order valence-corrected chi connectivity index (χ3v) is 2.61. The summed E-state index contributed by atoms with van der Waals surface area (Å²) in [6.07, 6.45) is 0. The van der Waals surface area contributed by atoms with Crippen LogP contribution in [0.2, 0.25) is 0 Å². The van der Waals surface area contributed by atoms with Gasteiger partial charge in [-0.15, -0.1) is 0 Å². The average Bonchev–Trinajstić information content (AvgIpc) is 2.41. The van der Waals surface area contributed by atoms with Crippen molar-refractivity contribution >= 4 is 5.91 Å². The summed E-state index contributed by atoms with van der Waals surface area (Å²) in [4.78, 5) is 10.7. The molecule has 0 spiro atoms. The number of benzene rings is 1. The molecular formula is C15H24N2O3. The second-order valence-electron chi connectivity index (χ2n) is 4.31. The fourth-order valence-electron chi connectivity index (χ4n) is 1.77. The Balaban J connectivity index is 2.49. The zero-order valence-corrected chi connectivity index (χ0v) is 12.5. The third kappa shape index (κ3) is 5.93. The van der Waals surface area contributed by atoms with Crippen molar-refractivity contribution in [2.24, 2.45) is 0 Å². The lowest BCUT2D eigenvalue weighted by atomic mass is 10.2. The van der Waals surface area contributed by atoms with E-state index < -0.39 is 0 Å². The predicted molar refractivity (Wildman–Crippen MR) is 79.2 cm³/mol. The maximum Gasteiger partial charge on any atom is 0.216 e. The number of nitrogens with one attached hydrogen (secondary N) is 2. The highest BCUT2D eigenvalue weighted by atomic mass is 16.5. The van der Waals surface area contributed by atoms with Gasteiger partial charge in [-0.2, -0.15) is 0 Å². The van der Waals surface area contributed by atoms with Crippen LogP contribution in [0, 0.1) is 0 Å². The first-order valence-electron chi connectivity index (χ1n) is 7.01. The van der Waals surface area contributed by atoms with Crippen LogP contribution in [-0.4, -0.2) is 32.2 Å². The van der Waals surface area contributed by atoms with Gasteiger partial charge in [-0.3, -0.25) is 4.79 Å². The molecule has 0 aliphatic heterocycles. The second kappa shape index (κ2) is 9.20. The van der Waals surface area contributed by atoms with Crippen LogP contribution >= 0.6 is 0 Å². The van der Waals surface area contributed by atoms with Crippen LogP contribution in [0.25, 0.3) is 0 Å². The summed E-state index contributed by atoms with van der Waals surface area (Å²) in [7, 11) is 0. The SMILES string of the molecule is CCOc1ccc(CNCCNC(C)=O)cc1OCC. The molecule has 0 heterocycles. The molecule has 0 atom stereocenters. The maximum atomic E-state index is 10.7. The summed E-state index contributed by atoms with van der Waals surface area (Å²) in [6.45, 7) is 8.74. The highest BCUT2D eigenvalue weighted by Crippen LogP contribution is 2.28. The first kappa shape index (κ1) is 16.3. The van der Waals surface area contributed by atoms with E-state index in [0.29, 0.717) is 19.8 Å². The number of hydrogen-bond acceptors (Lipinski definition) is 4. The third-order valence-electron chi connectivity index (χ3n) is 2.61. The van der Waals surface area contributed by atoms with Gasteiger partial charge in [0.15, 0.2) is 11.5 Å². The molecule has 0 saturated carbocycles. The molecule has 0 bridgehead atoms. The van der Waals surface area contributed by atoms with Crippen molar-refractivity contribution in [1.82, 2.24) is 10.6 Å². The first-order chi connectivity index (χ1) is 9.67. The van der Waals surface area contributed by atoms with Crippen LogP contribution in [0.3, 0.4) is 0 Å². The molecule has 0 fully saturated rings. The van der Waals surface area contributed by atoms with E-state index in [1.807, 2.05) is 32.0 Å². The quantitative estimate of drug-likeness (QED) is 0.676. The van der Waals surface area contributed by atoms with E-state index in [1.165, 1.54) is 6.92 Å². The molecule has 20 heavy (non-hydrogen) atoms. The lowest BCUT2D eigenvalue weighted by Gasteiger charge is -2.13. The van der Waals surface area contributed by atoms with Crippen molar-refractivity contribution in [3.8, 4) is 11.5 Å².